The Hall–Kier alpha value is -1.11. The molecule has 1 aromatic rings. The average Bonchev–Trinajstić information content (AvgIpc) is 2.88. The molecule has 1 amide bonds. The third-order valence-electron chi connectivity index (χ3n) is 3.36. The number of carbonyl (C=O) groups is 1. The van der Waals surface area contributed by atoms with E-state index >= 15 is 0 Å². The minimum absolute atomic E-state index is 0.0156. The Morgan fingerprint density at radius 2 is 1.95 bits per heavy atom. The lowest BCUT2D eigenvalue weighted by molar-refractivity contribution is -0.124. The normalized spacial score (nSPS) is 19.9. The summed E-state index contributed by atoms with van der Waals surface area (Å²) < 4.78 is 26.6. The maximum absolute atomic E-state index is 12.6. The van der Waals surface area contributed by atoms with Gasteiger partial charge in [0.25, 0.3) is 0 Å². The highest BCUT2D eigenvalue weighted by atomic mass is 35.5. The van der Waals surface area contributed by atoms with Crippen molar-refractivity contribution in [3.05, 3.63) is 29.3 Å². The largest absolute Gasteiger partial charge is 0.353 e. The van der Waals surface area contributed by atoms with Crippen LogP contribution in [-0.2, 0) is 14.8 Å². The first-order valence-corrected chi connectivity index (χ1v) is 8.72. The third kappa shape index (κ3) is 3.56. The van der Waals surface area contributed by atoms with Gasteiger partial charge < -0.3 is 5.32 Å². The molecule has 1 N–H and O–H groups in total. The zero-order chi connectivity index (χ0) is 15.6. The molecule has 2 rings (SSSR count). The lowest BCUT2D eigenvalue weighted by Crippen LogP contribution is -2.47. The Kier molecular flexibility index (Phi) is 4.91. The first kappa shape index (κ1) is 16.3. The van der Waals surface area contributed by atoms with E-state index in [-0.39, 0.29) is 16.8 Å². The second kappa shape index (κ2) is 6.34. The highest BCUT2D eigenvalue weighted by Crippen LogP contribution is 2.27. The molecule has 21 heavy (non-hydrogen) atoms. The van der Waals surface area contributed by atoms with Gasteiger partial charge in [-0.05, 0) is 51.0 Å². The Morgan fingerprint density at radius 3 is 2.52 bits per heavy atom. The molecular weight excluding hydrogens is 312 g/mol. The fraction of sp³-hybridized carbons (Fsp3) is 0.500. The molecule has 0 saturated carbocycles. The molecule has 0 spiro atoms. The molecule has 5 nitrogen and oxygen atoms in total. The second-order valence-electron chi connectivity index (χ2n) is 5.39. The van der Waals surface area contributed by atoms with Gasteiger partial charge >= 0.3 is 0 Å². The summed E-state index contributed by atoms with van der Waals surface area (Å²) in [6.45, 7) is 4.07. The summed E-state index contributed by atoms with van der Waals surface area (Å²) >= 11 is 5.79. The van der Waals surface area contributed by atoms with Crippen LogP contribution in [-0.4, -0.2) is 37.3 Å². The maximum Gasteiger partial charge on any atom is 0.243 e. The molecule has 1 fully saturated rings. The minimum atomic E-state index is -3.67. The molecule has 1 saturated heterocycles. The summed E-state index contributed by atoms with van der Waals surface area (Å²) in [5.74, 6) is -0.236. The van der Waals surface area contributed by atoms with Gasteiger partial charge in [-0.25, -0.2) is 8.42 Å². The smallest absolute Gasteiger partial charge is 0.243 e. The molecule has 116 valence electrons. The van der Waals surface area contributed by atoms with E-state index in [0.717, 1.165) is 0 Å². The van der Waals surface area contributed by atoms with Crippen LogP contribution in [0.15, 0.2) is 29.2 Å². The van der Waals surface area contributed by atoms with Crippen molar-refractivity contribution in [2.75, 3.05) is 6.54 Å². The number of carbonyl (C=O) groups excluding carboxylic acids is 1. The van der Waals surface area contributed by atoms with E-state index in [1.807, 2.05) is 13.8 Å². The summed E-state index contributed by atoms with van der Waals surface area (Å²) in [7, 11) is -3.67. The van der Waals surface area contributed by atoms with E-state index in [4.69, 9.17) is 11.6 Å². The van der Waals surface area contributed by atoms with Crippen molar-refractivity contribution in [3.63, 3.8) is 0 Å². The Bertz CT molecular complexity index is 614. The molecular formula is C14H19ClN2O3S. The SMILES string of the molecule is CC(C)NC(=O)C1CCCN1S(=O)(=O)c1ccc(Cl)cc1. The minimum Gasteiger partial charge on any atom is -0.353 e. The lowest BCUT2D eigenvalue weighted by Gasteiger charge is -2.24. The topological polar surface area (TPSA) is 66.5 Å². The van der Waals surface area contributed by atoms with E-state index < -0.39 is 16.1 Å². The molecule has 1 atom stereocenters. The number of amides is 1. The summed E-state index contributed by atoms with van der Waals surface area (Å²) in [5.41, 5.74) is 0. The highest BCUT2D eigenvalue weighted by molar-refractivity contribution is 7.89. The van der Waals surface area contributed by atoms with Crippen LogP contribution < -0.4 is 5.32 Å². The fourth-order valence-corrected chi connectivity index (χ4v) is 4.19. The molecule has 1 aliphatic heterocycles. The van der Waals surface area contributed by atoms with Crippen molar-refractivity contribution < 1.29 is 13.2 Å². The van der Waals surface area contributed by atoms with E-state index in [1.165, 1.54) is 28.6 Å². The number of rotatable bonds is 4. The standard InChI is InChI=1S/C14H19ClN2O3S/c1-10(2)16-14(18)13-4-3-9-17(13)21(19,20)12-7-5-11(15)6-8-12/h5-8,10,13H,3-4,9H2,1-2H3,(H,16,18). The Balaban J connectivity index is 2.26. The number of halogens is 1. The van der Waals surface area contributed by atoms with Crippen LogP contribution in [0.25, 0.3) is 0 Å². The van der Waals surface area contributed by atoms with Gasteiger partial charge in [-0.15, -0.1) is 0 Å². The van der Waals surface area contributed by atoms with Gasteiger partial charge in [0.2, 0.25) is 15.9 Å². The zero-order valence-electron chi connectivity index (χ0n) is 12.0. The van der Waals surface area contributed by atoms with Crippen molar-refractivity contribution in [2.24, 2.45) is 0 Å². The van der Waals surface area contributed by atoms with Gasteiger partial charge in [0, 0.05) is 17.6 Å². The van der Waals surface area contributed by atoms with E-state index in [2.05, 4.69) is 5.32 Å². The van der Waals surface area contributed by atoms with Crippen LogP contribution >= 0.6 is 11.6 Å². The van der Waals surface area contributed by atoms with Crippen LogP contribution in [0.1, 0.15) is 26.7 Å². The lowest BCUT2D eigenvalue weighted by atomic mass is 10.2. The monoisotopic (exact) mass is 330 g/mol. The van der Waals surface area contributed by atoms with Gasteiger partial charge in [-0.1, -0.05) is 11.6 Å². The fourth-order valence-electron chi connectivity index (χ4n) is 2.41. The number of sulfonamides is 1. The van der Waals surface area contributed by atoms with Crippen LogP contribution in [0.3, 0.4) is 0 Å². The molecule has 1 aliphatic rings. The van der Waals surface area contributed by atoms with Crippen LogP contribution in [0.5, 0.6) is 0 Å². The van der Waals surface area contributed by atoms with Gasteiger partial charge in [0.05, 0.1) is 4.90 Å². The summed E-state index contributed by atoms with van der Waals surface area (Å²) in [6.07, 6.45) is 1.23. The molecule has 0 bridgehead atoms. The number of benzene rings is 1. The van der Waals surface area contributed by atoms with Crippen LogP contribution in [0.4, 0.5) is 0 Å². The zero-order valence-corrected chi connectivity index (χ0v) is 13.6. The van der Waals surface area contributed by atoms with Gasteiger partial charge in [-0.2, -0.15) is 4.31 Å². The Labute approximate surface area is 130 Å². The van der Waals surface area contributed by atoms with Crippen molar-refractivity contribution in [3.8, 4) is 0 Å². The van der Waals surface area contributed by atoms with E-state index in [1.54, 1.807) is 0 Å². The molecule has 0 aromatic heterocycles. The first-order valence-electron chi connectivity index (χ1n) is 6.90. The number of nitrogens with one attached hydrogen (secondary N) is 1. The second-order valence-corrected chi connectivity index (χ2v) is 7.72. The maximum atomic E-state index is 12.6. The quantitative estimate of drug-likeness (QED) is 0.918. The van der Waals surface area contributed by atoms with Crippen molar-refractivity contribution >= 4 is 27.5 Å². The highest BCUT2D eigenvalue weighted by Gasteiger charge is 2.39. The van der Waals surface area contributed by atoms with Crippen molar-refractivity contribution in [1.82, 2.24) is 9.62 Å². The molecule has 0 aliphatic carbocycles. The van der Waals surface area contributed by atoms with Crippen LogP contribution in [0, 0.1) is 0 Å². The number of hydrogen-bond donors (Lipinski definition) is 1. The van der Waals surface area contributed by atoms with Gasteiger partial charge in [-0.3, -0.25) is 4.79 Å². The predicted molar refractivity (Wildman–Crippen MR) is 81.6 cm³/mol. The molecule has 0 radical (unpaired) electrons. The molecule has 1 unspecified atom stereocenters. The van der Waals surface area contributed by atoms with Gasteiger partial charge in [0.1, 0.15) is 6.04 Å². The average molecular weight is 331 g/mol. The van der Waals surface area contributed by atoms with Gasteiger partial charge in [0.15, 0.2) is 0 Å². The van der Waals surface area contributed by atoms with Crippen molar-refractivity contribution in [2.45, 2.75) is 43.7 Å². The van der Waals surface area contributed by atoms with Crippen LogP contribution in [0.2, 0.25) is 5.02 Å². The van der Waals surface area contributed by atoms with E-state index in [9.17, 15) is 13.2 Å². The Morgan fingerprint density at radius 1 is 1.33 bits per heavy atom. The number of hydrogen-bond acceptors (Lipinski definition) is 3. The van der Waals surface area contributed by atoms with E-state index in [0.29, 0.717) is 24.4 Å². The number of nitrogens with zero attached hydrogens (tertiary/aromatic N) is 1. The third-order valence-corrected chi connectivity index (χ3v) is 5.53. The summed E-state index contributed by atoms with van der Waals surface area (Å²) in [5, 5.41) is 3.26. The summed E-state index contributed by atoms with van der Waals surface area (Å²) in [6, 6.07) is 5.36. The first-order chi connectivity index (χ1) is 9.82. The predicted octanol–water partition coefficient (Wildman–Crippen LogP) is 2.02. The van der Waals surface area contributed by atoms with Crippen molar-refractivity contribution in [1.29, 1.82) is 0 Å². The summed E-state index contributed by atoms with van der Waals surface area (Å²) in [4.78, 5) is 12.3. The molecule has 1 aromatic carbocycles. The molecule has 1 heterocycles. The molecule has 7 heteroatoms.